The molecule has 2 aromatic rings. The van der Waals surface area contributed by atoms with Gasteiger partial charge in [-0.25, -0.2) is 0 Å². The quantitative estimate of drug-likeness (QED) is 0.588. The number of hydrogen-bond acceptors (Lipinski definition) is 5. The third kappa shape index (κ3) is 5.07. The average molecular weight is 356 g/mol. The second-order valence-corrected chi connectivity index (χ2v) is 5.47. The van der Waals surface area contributed by atoms with Crippen LogP contribution in [-0.4, -0.2) is 31.8 Å². The minimum absolute atomic E-state index is 0.0607. The number of Topliss-reactive ketones (excluding diaryl/α,β-unsaturated/α-hetero) is 1. The van der Waals surface area contributed by atoms with Crippen molar-refractivity contribution in [1.82, 2.24) is 0 Å². The Balaban J connectivity index is 1.97. The van der Waals surface area contributed by atoms with Crippen molar-refractivity contribution in [2.45, 2.75) is 13.3 Å². The van der Waals surface area contributed by atoms with E-state index in [1.165, 1.54) is 21.1 Å². The molecule has 0 aliphatic heterocycles. The number of ether oxygens (including phenoxy) is 2. The van der Waals surface area contributed by atoms with Crippen LogP contribution in [0.25, 0.3) is 0 Å². The summed E-state index contributed by atoms with van der Waals surface area (Å²) in [6.07, 6.45) is -0.366. The highest BCUT2D eigenvalue weighted by atomic mass is 16.5. The molecule has 0 aliphatic rings. The van der Waals surface area contributed by atoms with Crippen LogP contribution < -0.4 is 20.1 Å². The van der Waals surface area contributed by atoms with Crippen LogP contribution in [0.3, 0.4) is 0 Å². The van der Waals surface area contributed by atoms with Crippen LogP contribution >= 0.6 is 0 Å². The maximum atomic E-state index is 12.1. The number of nitrogens with one attached hydrogen (secondary N) is 2. The van der Waals surface area contributed by atoms with Crippen molar-refractivity contribution in [3.05, 3.63) is 48.0 Å². The fourth-order valence-corrected chi connectivity index (χ4v) is 2.25. The lowest BCUT2D eigenvalue weighted by Crippen LogP contribution is -2.21. The molecule has 0 unspecified atom stereocenters. The summed E-state index contributed by atoms with van der Waals surface area (Å²) in [5.41, 5.74) is 1.47. The Morgan fingerprint density at radius 3 is 2.12 bits per heavy atom. The van der Waals surface area contributed by atoms with E-state index in [9.17, 15) is 14.4 Å². The summed E-state index contributed by atoms with van der Waals surface area (Å²) in [6, 6.07) is 11.4. The van der Waals surface area contributed by atoms with Gasteiger partial charge in [0.25, 0.3) is 0 Å². The molecule has 0 saturated heterocycles. The molecule has 0 radical (unpaired) electrons. The Labute approximate surface area is 151 Å². The normalized spacial score (nSPS) is 9.96. The zero-order valence-electron chi connectivity index (χ0n) is 14.8. The molecule has 0 saturated carbocycles. The fraction of sp³-hybridized carbons (Fsp3) is 0.211. The molecule has 0 aliphatic carbocycles. The molecule has 26 heavy (non-hydrogen) atoms. The van der Waals surface area contributed by atoms with Crippen LogP contribution in [-0.2, 0) is 9.59 Å². The highest BCUT2D eigenvalue weighted by Crippen LogP contribution is 2.28. The molecule has 0 spiro atoms. The second-order valence-electron chi connectivity index (χ2n) is 5.47. The summed E-state index contributed by atoms with van der Waals surface area (Å²) in [5.74, 6) is -0.0145. The maximum Gasteiger partial charge on any atom is 0.233 e. The van der Waals surface area contributed by atoms with Crippen LogP contribution in [0.1, 0.15) is 23.7 Å². The molecular weight excluding hydrogens is 336 g/mol. The molecule has 136 valence electrons. The molecule has 2 rings (SSSR count). The molecule has 0 fully saturated rings. The van der Waals surface area contributed by atoms with Gasteiger partial charge < -0.3 is 20.1 Å². The zero-order chi connectivity index (χ0) is 19.1. The van der Waals surface area contributed by atoms with Gasteiger partial charge >= 0.3 is 0 Å². The molecule has 7 nitrogen and oxygen atoms in total. The first-order valence-corrected chi connectivity index (χ1v) is 7.85. The highest BCUT2D eigenvalue weighted by molar-refractivity contribution is 6.08. The van der Waals surface area contributed by atoms with E-state index in [-0.39, 0.29) is 12.2 Å². The molecule has 0 bridgehead atoms. The molecule has 2 amide bonds. The lowest BCUT2D eigenvalue weighted by molar-refractivity contribution is -0.123. The van der Waals surface area contributed by atoms with Crippen LogP contribution in [0.5, 0.6) is 11.5 Å². The van der Waals surface area contributed by atoms with E-state index in [1.54, 1.807) is 42.5 Å². The smallest absolute Gasteiger partial charge is 0.233 e. The molecule has 2 aromatic carbocycles. The van der Waals surface area contributed by atoms with Gasteiger partial charge in [-0.2, -0.15) is 0 Å². The van der Waals surface area contributed by atoms with Gasteiger partial charge in [-0.15, -0.1) is 0 Å². The average Bonchev–Trinajstić information content (AvgIpc) is 2.61. The van der Waals surface area contributed by atoms with Crippen LogP contribution in [0, 0.1) is 0 Å². The van der Waals surface area contributed by atoms with E-state index in [1.807, 2.05) is 0 Å². The number of ketones is 1. The van der Waals surface area contributed by atoms with E-state index < -0.39 is 11.8 Å². The highest BCUT2D eigenvalue weighted by Gasteiger charge is 2.13. The number of rotatable bonds is 7. The van der Waals surface area contributed by atoms with Gasteiger partial charge in [-0.1, -0.05) is 0 Å². The topological polar surface area (TPSA) is 93.7 Å². The second kappa shape index (κ2) is 8.66. The number of carbonyl (C=O) groups excluding carboxylic acids is 3. The number of benzene rings is 2. The third-order valence-electron chi connectivity index (χ3n) is 3.58. The molecule has 0 aromatic heterocycles. The van der Waals surface area contributed by atoms with E-state index >= 15 is 0 Å². The lowest BCUT2D eigenvalue weighted by atomic mass is 10.1. The van der Waals surface area contributed by atoms with Gasteiger partial charge in [0.2, 0.25) is 11.8 Å². The van der Waals surface area contributed by atoms with Crippen LogP contribution in [0.2, 0.25) is 0 Å². The number of anilines is 2. The minimum Gasteiger partial charge on any atom is -0.497 e. The van der Waals surface area contributed by atoms with Crippen molar-refractivity contribution in [2.24, 2.45) is 0 Å². The first-order valence-electron chi connectivity index (χ1n) is 7.85. The summed E-state index contributed by atoms with van der Waals surface area (Å²) in [5, 5.41) is 5.24. The van der Waals surface area contributed by atoms with Gasteiger partial charge in [-0.05, 0) is 43.3 Å². The number of hydrogen-bond donors (Lipinski definition) is 2. The van der Waals surface area contributed by atoms with Crippen molar-refractivity contribution in [3.63, 3.8) is 0 Å². The largest absolute Gasteiger partial charge is 0.497 e. The first kappa shape index (κ1) is 19.0. The molecule has 0 heterocycles. The summed E-state index contributed by atoms with van der Waals surface area (Å²) < 4.78 is 10.3. The van der Waals surface area contributed by atoms with Gasteiger partial charge in [0.15, 0.2) is 5.78 Å². The summed E-state index contributed by atoms with van der Waals surface area (Å²) in [6.45, 7) is 1.46. The van der Waals surface area contributed by atoms with E-state index in [0.717, 1.165) is 0 Å². The van der Waals surface area contributed by atoms with Crippen molar-refractivity contribution < 1.29 is 23.9 Å². The lowest BCUT2D eigenvalue weighted by Gasteiger charge is -2.12. The molecule has 7 heteroatoms. The van der Waals surface area contributed by atoms with Crippen molar-refractivity contribution in [2.75, 3.05) is 24.9 Å². The van der Waals surface area contributed by atoms with E-state index in [2.05, 4.69) is 10.6 Å². The Bertz CT molecular complexity index is 815. The van der Waals surface area contributed by atoms with Gasteiger partial charge in [0, 0.05) is 17.3 Å². The summed E-state index contributed by atoms with van der Waals surface area (Å²) in [4.78, 5) is 35.4. The molecular formula is C19H20N2O5. The molecule has 0 atom stereocenters. The Hall–Kier alpha value is -3.35. The van der Waals surface area contributed by atoms with Gasteiger partial charge in [-0.3, -0.25) is 14.4 Å². The van der Waals surface area contributed by atoms with E-state index in [4.69, 9.17) is 9.47 Å². The number of amides is 2. The van der Waals surface area contributed by atoms with Crippen molar-refractivity contribution in [1.29, 1.82) is 0 Å². The van der Waals surface area contributed by atoms with Crippen LogP contribution in [0.4, 0.5) is 11.4 Å². The zero-order valence-corrected chi connectivity index (χ0v) is 14.8. The summed E-state index contributed by atoms with van der Waals surface area (Å²) in [7, 11) is 2.99. The van der Waals surface area contributed by atoms with Gasteiger partial charge in [0.1, 0.15) is 17.9 Å². The minimum atomic E-state index is -0.491. The van der Waals surface area contributed by atoms with Crippen molar-refractivity contribution in [3.8, 4) is 11.5 Å². The fourth-order valence-electron chi connectivity index (χ4n) is 2.25. The number of methoxy groups -OCH3 is 2. The Kier molecular flexibility index (Phi) is 6.32. The SMILES string of the molecule is COc1ccc(OC)c(NC(=O)CC(=O)Nc2ccc(C(C)=O)cc2)c1. The van der Waals surface area contributed by atoms with Crippen LogP contribution in [0.15, 0.2) is 42.5 Å². The van der Waals surface area contributed by atoms with Crippen molar-refractivity contribution >= 4 is 29.0 Å². The maximum absolute atomic E-state index is 12.1. The monoisotopic (exact) mass is 356 g/mol. The Morgan fingerprint density at radius 1 is 0.885 bits per heavy atom. The predicted octanol–water partition coefficient (Wildman–Crippen LogP) is 2.87. The van der Waals surface area contributed by atoms with Gasteiger partial charge in [0.05, 0.1) is 19.9 Å². The summed E-state index contributed by atoms with van der Waals surface area (Å²) >= 11 is 0. The third-order valence-corrected chi connectivity index (χ3v) is 3.58. The predicted molar refractivity (Wildman–Crippen MR) is 97.9 cm³/mol. The first-order chi connectivity index (χ1) is 12.4. The van der Waals surface area contributed by atoms with E-state index in [0.29, 0.717) is 28.4 Å². The standard InChI is InChI=1S/C19H20N2O5/c1-12(22)13-4-6-14(7-5-13)20-18(23)11-19(24)21-16-10-15(25-2)8-9-17(16)26-3/h4-10H,11H2,1-3H3,(H,20,23)(H,21,24). The molecule has 2 N–H and O–H groups in total. The number of carbonyl (C=O) groups is 3. The Morgan fingerprint density at radius 2 is 1.54 bits per heavy atom.